The smallest absolute Gasteiger partial charge is 0.668 e. The van der Waals surface area contributed by atoms with Crippen molar-refractivity contribution in [3.63, 3.8) is 0 Å². The summed E-state index contributed by atoms with van der Waals surface area (Å²) in [5, 5.41) is 0. The Balaban J connectivity index is -0.000000482. The molecule has 0 aromatic rings. The minimum atomic E-state index is -0.327. The quantitative estimate of drug-likeness (QED) is 0.194. The predicted octanol–water partition coefficient (Wildman–Crippen LogP) is 8.66. The van der Waals surface area contributed by atoms with Gasteiger partial charge in [0.05, 0.1) is 5.91 Å². The summed E-state index contributed by atoms with van der Waals surface area (Å²) >= 11 is 0. The number of allylic oxidation sites excluding steroid dienone is 6. The Labute approximate surface area is 245 Å². The zero-order valence-corrected chi connectivity index (χ0v) is 24.4. The van der Waals surface area contributed by atoms with Gasteiger partial charge in [0.1, 0.15) is 0 Å². The van der Waals surface area contributed by atoms with Crippen molar-refractivity contribution in [2.75, 3.05) is 0 Å². The fourth-order valence-corrected chi connectivity index (χ4v) is 5.88. The molecule has 3 saturated carbocycles. The van der Waals surface area contributed by atoms with E-state index in [0.717, 1.165) is 49.4 Å². The second kappa shape index (κ2) is 24.7. The van der Waals surface area contributed by atoms with Crippen molar-refractivity contribution in [3.05, 3.63) is 76.6 Å². The second-order valence-corrected chi connectivity index (χ2v) is 10.0. The molecule has 4 heteroatoms. The van der Waals surface area contributed by atoms with Gasteiger partial charge < -0.3 is 31.8 Å². The molecule has 0 aromatic heterocycles. The Morgan fingerprint density at radius 2 is 1.19 bits per heavy atom. The monoisotopic (exact) mass is 547 g/mol. The fourth-order valence-electron chi connectivity index (χ4n) is 5.88. The molecule has 4 atom stereocenters. The molecule has 0 spiro atoms. The van der Waals surface area contributed by atoms with Crippen LogP contribution in [0, 0.1) is 50.9 Å². The van der Waals surface area contributed by atoms with Gasteiger partial charge in [-0.1, -0.05) is 133 Å². The summed E-state index contributed by atoms with van der Waals surface area (Å²) in [4.78, 5) is 11.1. The fraction of sp³-hybridized carbons (Fsp3) is 0.625. The van der Waals surface area contributed by atoms with E-state index in [1.807, 2.05) is 0 Å². The number of hydrogen-bond donors (Lipinski definition) is 0. The number of hydrogen-bond acceptors (Lipinski definition) is 1. The summed E-state index contributed by atoms with van der Waals surface area (Å²) in [6, 6.07) is 0. The molecule has 204 valence electrons. The van der Waals surface area contributed by atoms with Crippen LogP contribution in [-0.2, 0) is 26.5 Å². The van der Waals surface area contributed by atoms with Crippen LogP contribution in [0.3, 0.4) is 0 Å². The Kier molecular flexibility index (Phi) is 27.3. The predicted molar refractivity (Wildman–Crippen MR) is 163 cm³/mol. The van der Waals surface area contributed by atoms with Gasteiger partial charge in [-0.15, -0.1) is 12.0 Å². The standard InChI is InChI=1S/C13H25NO.C13H17.C4H6.2CH3.H4Si.Ti/c14-13(15)12-10-8-6-4-2-1-3-5-7-9-11-12;1-3-7-12-10(5-1)9-11-6-2-4-8-13(11)12;1-3-4-2;;;;/h12H,1-11H2,(H2,14,15);1,3,5,7,9-13H,2,4,6,8H2;3-4H,1-2H2;2*1H3;1H4;/q;-1;;2*-1;;+4/p-1. The van der Waals surface area contributed by atoms with Crippen LogP contribution in [0.4, 0.5) is 0 Å². The van der Waals surface area contributed by atoms with Gasteiger partial charge in [0.15, 0.2) is 0 Å². The van der Waals surface area contributed by atoms with Gasteiger partial charge in [0, 0.05) is 5.92 Å². The van der Waals surface area contributed by atoms with Crippen molar-refractivity contribution < 1.29 is 26.5 Å². The van der Waals surface area contributed by atoms with Crippen molar-refractivity contribution in [2.24, 2.45) is 29.6 Å². The molecule has 4 aliphatic rings. The van der Waals surface area contributed by atoms with Gasteiger partial charge in [0.2, 0.25) is 0 Å². The average molecular weight is 548 g/mol. The van der Waals surface area contributed by atoms with Gasteiger partial charge in [-0.25, -0.2) is 0 Å². The van der Waals surface area contributed by atoms with E-state index in [4.69, 9.17) is 5.73 Å². The molecule has 1 amide bonds. The van der Waals surface area contributed by atoms with Crippen LogP contribution in [0.2, 0.25) is 0 Å². The molecule has 0 aromatic carbocycles. The van der Waals surface area contributed by atoms with Gasteiger partial charge >= 0.3 is 21.7 Å². The van der Waals surface area contributed by atoms with Crippen molar-refractivity contribution in [1.82, 2.24) is 0 Å². The molecule has 0 saturated heterocycles. The summed E-state index contributed by atoms with van der Waals surface area (Å²) in [5.41, 5.74) is 7.23. The van der Waals surface area contributed by atoms with Crippen LogP contribution < -0.4 is 0 Å². The summed E-state index contributed by atoms with van der Waals surface area (Å²) in [7, 11) is 0. The number of carbonyl (C=O) groups excluding carboxylic acids is 1. The number of amides is 1. The maximum absolute atomic E-state index is 11.1. The van der Waals surface area contributed by atoms with E-state index >= 15 is 0 Å². The van der Waals surface area contributed by atoms with E-state index in [9.17, 15) is 4.79 Å². The van der Waals surface area contributed by atoms with E-state index in [0.29, 0.717) is 0 Å². The third kappa shape index (κ3) is 14.9. The van der Waals surface area contributed by atoms with Crippen molar-refractivity contribution in [3.8, 4) is 0 Å². The van der Waals surface area contributed by atoms with E-state index in [-0.39, 0.29) is 59.4 Å². The Morgan fingerprint density at radius 3 is 1.69 bits per heavy atom. The van der Waals surface area contributed by atoms with Crippen LogP contribution in [0.25, 0.3) is 5.73 Å². The molecule has 3 fully saturated rings. The molecule has 1 N–H and O–H groups in total. The van der Waals surface area contributed by atoms with E-state index in [1.54, 1.807) is 12.2 Å². The number of carbonyl (C=O) groups is 1. The van der Waals surface area contributed by atoms with Crippen LogP contribution >= 0.6 is 0 Å². The molecule has 0 bridgehead atoms. The van der Waals surface area contributed by atoms with Crippen molar-refractivity contribution in [1.29, 1.82) is 0 Å². The van der Waals surface area contributed by atoms with E-state index < -0.39 is 0 Å². The molecular weight excluding hydrogens is 490 g/mol. The van der Waals surface area contributed by atoms with Crippen LogP contribution in [0.5, 0.6) is 0 Å². The van der Waals surface area contributed by atoms with Crippen LogP contribution in [0.15, 0.2) is 49.6 Å². The Hall–Kier alpha value is -0.639. The molecule has 36 heavy (non-hydrogen) atoms. The van der Waals surface area contributed by atoms with Crippen LogP contribution in [-0.4, -0.2) is 16.9 Å². The minimum absolute atomic E-state index is 0. The Bertz CT molecular complexity index is 599. The number of fused-ring (bicyclic) bond motifs is 3. The summed E-state index contributed by atoms with van der Waals surface area (Å²) in [5.74, 6) is 3.28. The zero-order valence-electron chi connectivity index (χ0n) is 22.9. The maximum Gasteiger partial charge on any atom is 4.00 e. The minimum Gasteiger partial charge on any atom is -0.668 e. The van der Waals surface area contributed by atoms with E-state index in [2.05, 4.69) is 43.9 Å². The van der Waals surface area contributed by atoms with Gasteiger partial charge in [0.25, 0.3) is 0 Å². The summed E-state index contributed by atoms with van der Waals surface area (Å²) < 4.78 is 0. The molecule has 0 radical (unpaired) electrons. The van der Waals surface area contributed by atoms with Crippen molar-refractivity contribution in [2.45, 2.75) is 96.3 Å². The van der Waals surface area contributed by atoms with Gasteiger partial charge in [-0.2, -0.15) is 5.92 Å². The first-order chi connectivity index (χ1) is 15.7. The number of nitrogens with one attached hydrogen (secondary N) is 1. The summed E-state index contributed by atoms with van der Waals surface area (Å²) in [6.45, 7) is 6.72. The van der Waals surface area contributed by atoms with Crippen molar-refractivity contribution >= 4 is 16.9 Å². The zero-order chi connectivity index (χ0) is 23.0. The molecule has 0 aliphatic heterocycles. The third-order valence-corrected chi connectivity index (χ3v) is 7.70. The first-order valence-corrected chi connectivity index (χ1v) is 13.4. The normalized spacial score (nSPS) is 27.1. The molecule has 4 aliphatic carbocycles. The van der Waals surface area contributed by atoms with Gasteiger partial charge in [-0.3, -0.25) is 0 Å². The molecule has 2 nitrogen and oxygen atoms in total. The maximum atomic E-state index is 11.1. The SMILES string of the molecule is C1=CC2[CH-]C3CCCCC3C2C=C1.C=CC=C.[CH3-].[CH3-].[NH-]C(=O)C1CCCCCCCCCCC1.[SiH4].[Ti+4]. The Morgan fingerprint density at radius 1 is 0.750 bits per heavy atom. The molecule has 0 heterocycles. The largest absolute Gasteiger partial charge is 4.00 e. The molecule has 4 unspecified atom stereocenters. The first kappa shape index (κ1) is 39.9. The molecular formula is C32H57NOSiTi. The van der Waals surface area contributed by atoms with Crippen LogP contribution in [0.1, 0.15) is 96.3 Å². The topological polar surface area (TPSA) is 40.9 Å². The average Bonchev–Trinajstić information content (AvgIpc) is 3.19. The van der Waals surface area contributed by atoms with E-state index in [1.165, 1.54) is 70.6 Å². The first-order valence-electron chi connectivity index (χ1n) is 13.4. The summed E-state index contributed by atoms with van der Waals surface area (Å²) in [6.07, 6.45) is 34.5. The third-order valence-electron chi connectivity index (χ3n) is 7.70. The van der Waals surface area contributed by atoms with Gasteiger partial charge in [-0.05, 0) is 29.7 Å². The number of rotatable bonds is 2. The molecule has 4 rings (SSSR count). The second-order valence-electron chi connectivity index (χ2n) is 10.0.